The lowest BCUT2D eigenvalue weighted by Gasteiger charge is -2.13. The van der Waals surface area contributed by atoms with Gasteiger partial charge in [-0.05, 0) is 43.2 Å². The molecule has 4 nitrogen and oxygen atoms in total. The van der Waals surface area contributed by atoms with Crippen molar-refractivity contribution in [1.29, 1.82) is 0 Å². The minimum absolute atomic E-state index is 0.0375. The fraction of sp³-hybridized carbons (Fsp3) is 0.211. The predicted octanol–water partition coefficient (Wildman–Crippen LogP) is 3.61. The van der Waals surface area contributed by atoms with E-state index in [2.05, 4.69) is 5.32 Å². The molecule has 1 N–H and O–H groups in total. The number of hydrogen-bond donors (Lipinski definition) is 1. The van der Waals surface area contributed by atoms with Gasteiger partial charge < -0.3 is 14.8 Å². The normalized spacial score (nSPS) is 14.0. The lowest BCUT2D eigenvalue weighted by molar-refractivity contribution is -0.117. The van der Waals surface area contributed by atoms with E-state index in [0.29, 0.717) is 5.75 Å². The summed E-state index contributed by atoms with van der Waals surface area (Å²) in [4.78, 5) is 12.0. The van der Waals surface area contributed by atoms with Crippen molar-refractivity contribution in [2.45, 2.75) is 19.9 Å². The monoisotopic (exact) mass is 309 g/mol. The van der Waals surface area contributed by atoms with Crippen LogP contribution in [0.5, 0.6) is 11.5 Å². The van der Waals surface area contributed by atoms with E-state index in [-0.39, 0.29) is 18.7 Å². The predicted molar refractivity (Wildman–Crippen MR) is 89.3 cm³/mol. The lowest BCUT2D eigenvalue weighted by Crippen LogP contribution is -2.24. The Morgan fingerprint density at radius 3 is 2.65 bits per heavy atom. The zero-order valence-corrected chi connectivity index (χ0v) is 13.2. The molecule has 2 aromatic rings. The van der Waals surface area contributed by atoms with Crippen LogP contribution in [0.1, 0.15) is 29.7 Å². The highest BCUT2D eigenvalue weighted by molar-refractivity contribution is 5.92. The van der Waals surface area contributed by atoms with Gasteiger partial charge in [0.1, 0.15) is 0 Å². The van der Waals surface area contributed by atoms with Gasteiger partial charge in [-0.25, -0.2) is 0 Å². The van der Waals surface area contributed by atoms with Crippen LogP contribution in [0.15, 0.2) is 48.5 Å². The Labute approximate surface area is 135 Å². The Morgan fingerprint density at radius 2 is 1.87 bits per heavy atom. The van der Waals surface area contributed by atoms with Crippen molar-refractivity contribution < 1.29 is 14.3 Å². The van der Waals surface area contributed by atoms with Crippen LogP contribution in [-0.2, 0) is 4.79 Å². The average Bonchev–Trinajstić information content (AvgIpc) is 3.01. The molecule has 1 aliphatic heterocycles. The van der Waals surface area contributed by atoms with Crippen LogP contribution in [-0.4, -0.2) is 12.7 Å². The molecule has 0 saturated heterocycles. The molecule has 0 bridgehead atoms. The zero-order valence-electron chi connectivity index (χ0n) is 13.2. The third-order valence-electron chi connectivity index (χ3n) is 3.76. The molecule has 0 spiro atoms. The van der Waals surface area contributed by atoms with Gasteiger partial charge in [0.25, 0.3) is 0 Å². The fourth-order valence-corrected chi connectivity index (χ4v) is 2.39. The first kappa shape index (κ1) is 15.2. The van der Waals surface area contributed by atoms with Gasteiger partial charge in [0.15, 0.2) is 11.5 Å². The second-order valence-corrected chi connectivity index (χ2v) is 5.59. The number of rotatable bonds is 4. The molecule has 1 atom stereocenters. The number of aryl methyl sites for hydroxylation is 1. The summed E-state index contributed by atoms with van der Waals surface area (Å²) in [7, 11) is 0. The third-order valence-corrected chi connectivity index (χ3v) is 3.76. The lowest BCUT2D eigenvalue weighted by atomic mass is 10.1. The van der Waals surface area contributed by atoms with Gasteiger partial charge in [-0.2, -0.15) is 0 Å². The van der Waals surface area contributed by atoms with Crippen molar-refractivity contribution in [3.63, 3.8) is 0 Å². The maximum Gasteiger partial charge on any atom is 0.244 e. The molecule has 1 aliphatic rings. The Hall–Kier alpha value is -2.75. The van der Waals surface area contributed by atoms with Gasteiger partial charge >= 0.3 is 0 Å². The molecule has 0 aromatic heterocycles. The summed E-state index contributed by atoms with van der Waals surface area (Å²) in [6.07, 6.45) is 3.29. The molecular weight excluding hydrogens is 290 g/mol. The number of carbonyl (C=O) groups excluding carboxylic acids is 1. The highest BCUT2D eigenvalue weighted by Crippen LogP contribution is 2.32. The topological polar surface area (TPSA) is 47.6 Å². The van der Waals surface area contributed by atoms with E-state index in [9.17, 15) is 4.79 Å². The second kappa shape index (κ2) is 6.57. The van der Waals surface area contributed by atoms with Crippen LogP contribution in [0, 0.1) is 6.92 Å². The maximum atomic E-state index is 12.0. The Morgan fingerprint density at radius 1 is 1.13 bits per heavy atom. The van der Waals surface area contributed by atoms with E-state index in [4.69, 9.17) is 9.47 Å². The van der Waals surface area contributed by atoms with Crippen molar-refractivity contribution in [2.24, 2.45) is 0 Å². The quantitative estimate of drug-likeness (QED) is 0.878. The molecular formula is C19H19NO3. The van der Waals surface area contributed by atoms with Crippen molar-refractivity contribution in [2.75, 3.05) is 6.79 Å². The Bertz CT molecular complexity index is 735. The number of benzene rings is 2. The van der Waals surface area contributed by atoms with E-state index in [0.717, 1.165) is 16.9 Å². The first-order valence-electron chi connectivity index (χ1n) is 7.56. The van der Waals surface area contributed by atoms with E-state index in [1.807, 2.05) is 56.3 Å². The van der Waals surface area contributed by atoms with Crippen molar-refractivity contribution >= 4 is 12.0 Å². The molecule has 0 radical (unpaired) electrons. The van der Waals surface area contributed by atoms with Crippen LogP contribution >= 0.6 is 0 Å². The summed E-state index contributed by atoms with van der Waals surface area (Å²) in [5.41, 5.74) is 3.18. The molecule has 1 unspecified atom stereocenters. The molecule has 0 fully saturated rings. The second-order valence-electron chi connectivity index (χ2n) is 5.59. The van der Waals surface area contributed by atoms with Gasteiger partial charge in [-0.15, -0.1) is 0 Å². The fourth-order valence-electron chi connectivity index (χ4n) is 2.39. The molecule has 3 rings (SSSR count). The summed E-state index contributed by atoms with van der Waals surface area (Å²) < 4.78 is 10.6. The maximum absolute atomic E-state index is 12.0. The highest BCUT2D eigenvalue weighted by Gasteiger charge is 2.12. The number of ether oxygens (including phenoxy) is 2. The minimum atomic E-state index is -0.129. The standard InChI is InChI=1S/C19H19NO3/c1-13-3-7-16(8-4-13)14(2)20-19(21)10-6-15-5-9-17-18(11-15)23-12-22-17/h3-11,14H,12H2,1-2H3,(H,20,21). The first-order valence-corrected chi connectivity index (χ1v) is 7.56. The number of nitrogens with one attached hydrogen (secondary N) is 1. The summed E-state index contributed by atoms with van der Waals surface area (Å²) in [5, 5.41) is 2.96. The summed E-state index contributed by atoms with van der Waals surface area (Å²) >= 11 is 0. The zero-order chi connectivity index (χ0) is 16.2. The number of carbonyl (C=O) groups is 1. The van der Waals surface area contributed by atoms with Gasteiger partial charge in [0.05, 0.1) is 6.04 Å². The number of fused-ring (bicyclic) bond motifs is 1. The van der Waals surface area contributed by atoms with Gasteiger partial charge in [-0.3, -0.25) is 4.79 Å². The van der Waals surface area contributed by atoms with Crippen LogP contribution in [0.2, 0.25) is 0 Å². The van der Waals surface area contributed by atoms with Gasteiger partial charge in [0, 0.05) is 6.08 Å². The molecule has 1 amide bonds. The van der Waals surface area contributed by atoms with Crippen LogP contribution in [0.25, 0.3) is 6.08 Å². The van der Waals surface area contributed by atoms with Gasteiger partial charge in [-0.1, -0.05) is 35.9 Å². The largest absolute Gasteiger partial charge is 0.454 e. The Balaban J connectivity index is 1.61. The number of hydrogen-bond acceptors (Lipinski definition) is 3. The summed E-state index contributed by atoms with van der Waals surface area (Å²) in [5.74, 6) is 1.32. The third kappa shape index (κ3) is 3.72. The van der Waals surface area contributed by atoms with E-state index in [1.165, 1.54) is 11.6 Å². The van der Waals surface area contributed by atoms with Crippen molar-refractivity contribution in [3.8, 4) is 11.5 Å². The highest BCUT2D eigenvalue weighted by atomic mass is 16.7. The molecule has 23 heavy (non-hydrogen) atoms. The van der Waals surface area contributed by atoms with Gasteiger partial charge in [0.2, 0.25) is 12.7 Å². The summed E-state index contributed by atoms with van der Waals surface area (Å²) in [6, 6.07) is 13.7. The van der Waals surface area contributed by atoms with Crippen LogP contribution in [0.4, 0.5) is 0 Å². The minimum Gasteiger partial charge on any atom is -0.454 e. The van der Waals surface area contributed by atoms with E-state index < -0.39 is 0 Å². The van der Waals surface area contributed by atoms with Crippen LogP contribution in [0.3, 0.4) is 0 Å². The number of amides is 1. The van der Waals surface area contributed by atoms with Crippen molar-refractivity contribution in [1.82, 2.24) is 5.32 Å². The molecule has 118 valence electrons. The first-order chi connectivity index (χ1) is 11.1. The SMILES string of the molecule is Cc1ccc(C(C)NC(=O)C=Cc2ccc3c(c2)OCO3)cc1. The smallest absolute Gasteiger partial charge is 0.244 e. The summed E-state index contributed by atoms with van der Waals surface area (Å²) in [6.45, 7) is 4.26. The molecule has 0 saturated carbocycles. The van der Waals surface area contributed by atoms with Crippen LogP contribution < -0.4 is 14.8 Å². The molecule has 2 aromatic carbocycles. The van der Waals surface area contributed by atoms with E-state index in [1.54, 1.807) is 6.08 Å². The van der Waals surface area contributed by atoms with Crippen molar-refractivity contribution in [3.05, 3.63) is 65.2 Å². The molecule has 1 heterocycles. The Kier molecular flexibility index (Phi) is 4.33. The average molecular weight is 309 g/mol. The van der Waals surface area contributed by atoms with E-state index >= 15 is 0 Å². The molecule has 0 aliphatic carbocycles. The molecule has 4 heteroatoms.